The number of rotatable bonds is 1. The van der Waals surface area contributed by atoms with Crippen molar-refractivity contribution >= 4 is 10.9 Å². The standard InChI is InChI=1S/C10H5F3N2O/c11-10(12,13)16-9-7(5-14)6-3-1-2-4-8(6)15-9/h1-4,15H. The van der Waals surface area contributed by atoms with E-state index >= 15 is 0 Å². The number of nitriles is 1. The van der Waals surface area contributed by atoms with Crippen molar-refractivity contribution < 1.29 is 17.9 Å². The summed E-state index contributed by atoms with van der Waals surface area (Å²) in [6, 6.07) is 8.09. The zero-order valence-corrected chi connectivity index (χ0v) is 7.80. The highest BCUT2D eigenvalue weighted by molar-refractivity contribution is 5.88. The number of hydrogen-bond acceptors (Lipinski definition) is 2. The molecule has 2 rings (SSSR count). The van der Waals surface area contributed by atoms with Gasteiger partial charge in [0.05, 0.1) is 0 Å². The number of nitrogens with zero attached hydrogens (tertiary/aromatic N) is 1. The van der Waals surface area contributed by atoms with Crippen LogP contribution >= 0.6 is 0 Å². The number of ether oxygens (including phenoxy) is 1. The normalized spacial score (nSPS) is 11.4. The number of benzene rings is 1. The van der Waals surface area contributed by atoms with Crippen molar-refractivity contribution in [2.24, 2.45) is 0 Å². The predicted octanol–water partition coefficient (Wildman–Crippen LogP) is 2.94. The number of para-hydroxylation sites is 1. The first-order valence-corrected chi connectivity index (χ1v) is 4.28. The Hall–Kier alpha value is -2.16. The molecular weight excluding hydrogens is 221 g/mol. The molecule has 0 aliphatic carbocycles. The third-order valence-corrected chi connectivity index (χ3v) is 2.00. The van der Waals surface area contributed by atoms with Gasteiger partial charge in [0.2, 0.25) is 5.88 Å². The van der Waals surface area contributed by atoms with Crippen LogP contribution in [0.5, 0.6) is 5.88 Å². The number of aromatic amines is 1. The number of aromatic nitrogens is 1. The first-order chi connectivity index (χ1) is 7.51. The molecule has 0 saturated heterocycles. The molecule has 0 aliphatic rings. The molecule has 3 nitrogen and oxygen atoms in total. The van der Waals surface area contributed by atoms with Gasteiger partial charge < -0.3 is 9.72 Å². The van der Waals surface area contributed by atoms with E-state index < -0.39 is 12.2 Å². The second kappa shape index (κ2) is 3.45. The van der Waals surface area contributed by atoms with Crippen molar-refractivity contribution in [3.05, 3.63) is 29.8 Å². The van der Waals surface area contributed by atoms with Crippen LogP contribution in [-0.4, -0.2) is 11.3 Å². The maximum atomic E-state index is 12.0. The lowest BCUT2D eigenvalue weighted by Gasteiger charge is -2.06. The molecular formula is C10H5F3N2O. The molecule has 0 aliphatic heterocycles. The van der Waals surface area contributed by atoms with E-state index in [1.54, 1.807) is 30.3 Å². The third kappa shape index (κ3) is 1.80. The van der Waals surface area contributed by atoms with E-state index in [2.05, 4.69) is 9.72 Å². The van der Waals surface area contributed by atoms with Gasteiger partial charge in [-0.25, -0.2) is 0 Å². The van der Waals surface area contributed by atoms with Gasteiger partial charge in [0.1, 0.15) is 11.6 Å². The molecule has 0 radical (unpaired) electrons. The Bertz CT molecular complexity index is 565. The van der Waals surface area contributed by atoms with Crippen LogP contribution in [0.25, 0.3) is 10.9 Å². The SMILES string of the molecule is N#Cc1c(OC(F)(F)F)[nH]c2ccccc12. The van der Waals surface area contributed by atoms with Crippen molar-refractivity contribution in [2.45, 2.75) is 6.36 Å². The number of nitrogens with one attached hydrogen (secondary N) is 1. The fraction of sp³-hybridized carbons (Fsp3) is 0.100. The first kappa shape index (κ1) is 10.4. The largest absolute Gasteiger partial charge is 0.574 e. The smallest absolute Gasteiger partial charge is 0.388 e. The van der Waals surface area contributed by atoms with Crippen molar-refractivity contribution in [2.75, 3.05) is 0 Å². The Balaban J connectivity index is 2.58. The Morgan fingerprint density at radius 1 is 1.25 bits per heavy atom. The highest BCUT2D eigenvalue weighted by Crippen LogP contribution is 2.30. The first-order valence-electron chi connectivity index (χ1n) is 4.28. The zero-order valence-electron chi connectivity index (χ0n) is 7.80. The summed E-state index contributed by atoms with van der Waals surface area (Å²) >= 11 is 0. The lowest BCUT2D eigenvalue weighted by atomic mass is 10.2. The number of hydrogen-bond donors (Lipinski definition) is 1. The summed E-state index contributed by atoms with van der Waals surface area (Å²) in [6.07, 6.45) is -4.81. The topological polar surface area (TPSA) is 48.8 Å². The highest BCUT2D eigenvalue weighted by Gasteiger charge is 2.33. The summed E-state index contributed by atoms with van der Waals surface area (Å²) in [5.74, 6) is -0.573. The van der Waals surface area contributed by atoms with E-state index in [0.717, 1.165) is 0 Å². The Morgan fingerprint density at radius 2 is 1.94 bits per heavy atom. The molecule has 82 valence electrons. The van der Waals surface area contributed by atoms with Crippen LogP contribution in [0.3, 0.4) is 0 Å². The maximum Gasteiger partial charge on any atom is 0.574 e. The summed E-state index contributed by atoms with van der Waals surface area (Å²) in [5.41, 5.74) is 0.284. The number of alkyl halides is 3. The molecule has 0 spiro atoms. The Morgan fingerprint density at radius 3 is 2.56 bits per heavy atom. The van der Waals surface area contributed by atoms with Gasteiger partial charge in [-0.3, -0.25) is 0 Å². The average molecular weight is 226 g/mol. The summed E-state index contributed by atoms with van der Waals surface area (Å²) < 4.78 is 39.8. The fourth-order valence-electron chi connectivity index (χ4n) is 1.42. The minimum absolute atomic E-state index is 0.145. The van der Waals surface area contributed by atoms with E-state index in [0.29, 0.717) is 10.9 Å². The van der Waals surface area contributed by atoms with Gasteiger partial charge in [-0.15, -0.1) is 13.2 Å². The van der Waals surface area contributed by atoms with Gasteiger partial charge in [-0.05, 0) is 6.07 Å². The predicted molar refractivity (Wildman–Crippen MR) is 49.7 cm³/mol. The van der Waals surface area contributed by atoms with Gasteiger partial charge in [-0.1, -0.05) is 18.2 Å². The zero-order chi connectivity index (χ0) is 11.8. The maximum absolute atomic E-state index is 12.0. The van der Waals surface area contributed by atoms with Crippen LogP contribution in [0.15, 0.2) is 24.3 Å². The van der Waals surface area contributed by atoms with Gasteiger partial charge in [-0.2, -0.15) is 5.26 Å². The molecule has 0 saturated carbocycles. The van der Waals surface area contributed by atoms with Crippen molar-refractivity contribution in [1.82, 2.24) is 4.98 Å². The van der Waals surface area contributed by atoms with Crippen molar-refractivity contribution in [1.29, 1.82) is 5.26 Å². The molecule has 1 aromatic carbocycles. The van der Waals surface area contributed by atoms with Gasteiger partial charge in [0.25, 0.3) is 0 Å². The van der Waals surface area contributed by atoms with E-state index in [-0.39, 0.29) is 5.56 Å². The van der Waals surface area contributed by atoms with E-state index in [1.165, 1.54) is 0 Å². The molecule has 6 heteroatoms. The average Bonchev–Trinajstić information content (AvgIpc) is 2.51. The van der Waals surface area contributed by atoms with Crippen LogP contribution in [-0.2, 0) is 0 Å². The second-order valence-corrected chi connectivity index (χ2v) is 3.03. The van der Waals surface area contributed by atoms with Crippen LogP contribution in [0.2, 0.25) is 0 Å². The number of halogens is 3. The molecule has 0 atom stereocenters. The Labute approximate surface area is 88.1 Å². The minimum atomic E-state index is -4.81. The summed E-state index contributed by atoms with van der Waals surface area (Å²) in [7, 11) is 0. The van der Waals surface area contributed by atoms with E-state index in [9.17, 15) is 13.2 Å². The van der Waals surface area contributed by atoms with Gasteiger partial charge in [0, 0.05) is 10.9 Å². The quantitative estimate of drug-likeness (QED) is 0.812. The van der Waals surface area contributed by atoms with Crippen molar-refractivity contribution in [3.63, 3.8) is 0 Å². The van der Waals surface area contributed by atoms with E-state index in [4.69, 9.17) is 5.26 Å². The molecule has 0 unspecified atom stereocenters. The fourth-order valence-corrected chi connectivity index (χ4v) is 1.42. The van der Waals surface area contributed by atoms with E-state index in [1.807, 2.05) is 0 Å². The van der Waals surface area contributed by atoms with Crippen LogP contribution in [0, 0.1) is 11.3 Å². The second-order valence-electron chi connectivity index (χ2n) is 3.03. The molecule has 0 amide bonds. The molecule has 0 bridgehead atoms. The molecule has 2 aromatic rings. The highest BCUT2D eigenvalue weighted by atomic mass is 19.4. The molecule has 1 heterocycles. The van der Waals surface area contributed by atoms with Crippen LogP contribution in [0.1, 0.15) is 5.56 Å². The van der Waals surface area contributed by atoms with Crippen LogP contribution in [0.4, 0.5) is 13.2 Å². The third-order valence-electron chi connectivity index (χ3n) is 2.00. The molecule has 1 aromatic heterocycles. The lowest BCUT2D eigenvalue weighted by Crippen LogP contribution is -2.17. The molecule has 0 fully saturated rings. The summed E-state index contributed by atoms with van der Waals surface area (Å²) in [5, 5.41) is 9.19. The minimum Gasteiger partial charge on any atom is -0.388 e. The summed E-state index contributed by atoms with van der Waals surface area (Å²) in [6.45, 7) is 0. The molecule has 16 heavy (non-hydrogen) atoms. The monoisotopic (exact) mass is 226 g/mol. The molecule has 1 N–H and O–H groups in total. The number of fused-ring (bicyclic) bond motifs is 1. The number of H-pyrrole nitrogens is 1. The van der Waals surface area contributed by atoms with Gasteiger partial charge >= 0.3 is 6.36 Å². The van der Waals surface area contributed by atoms with Crippen LogP contribution < -0.4 is 4.74 Å². The lowest BCUT2D eigenvalue weighted by molar-refractivity contribution is -0.276. The summed E-state index contributed by atoms with van der Waals surface area (Å²) in [4.78, 5) is 2.41. The Kier molecular flexibility index (Phi) is 2.23. The van der Waals surface area contributed by atoms with Gasteiger partial charge in [0.15, 0.2) is 0 Å². The van der Waals surface area contributed by atoms with Crippen molar-refractivity contribution in [3.8, 4) is 11.9 Å².